The minimum Gasteiger partial charge on any atom is -0.497 e. The Morgan fingerprint density at radius 1 is 0.808 bits per heavy atom. The first-order valence-electron chi connectivity index (χ1n) is 7.98. The molecule has 0 saturated carbocycles. The summed E-state index contributed by atoms with van der Waals surface area (Å²) in [5, 5.41) is 6.38. The predicted molar refractivity (Wildman–Crippen MR) is 99.6 cm³/mol. The topological polar surface area (TPSA) is 94.1 Å². The zero-order valence-corrected chi connectivity index (χ0v) is 15.1. The Morgan fingerprint density at radius 3 is 2.27 bits per heavy atom. The van der Waals surface area contributed by atoms with Crippen molar-refractivity contribution in [2.75, 3.05) is 24.9 Å². The monoisotopic (exact) mass is 352 g/mol. The number of hydrogen-bond donors (Lipinski definition) is 2. The Hall–Kier alpha value is -3.42. The fourth-order valence-corrected chi connectivity index (χ4v) is 2.45. The number of ether oxygens (including phenoxy) is 2. The molecule has 0 spiro atoms. The van der Waals surface area contributed by atoms with Crippen molar-refractivity contribution in [3.63, 3.8) is 0 Å². The summed E-state index contributed by atoms with van der Waals surface area (Å²) in [7, 11) is 3.22. The van der Waals surface area contributed by atoms with Gasteiger partial charge in [0.15, 0.2) is 0 Å². The summed E-state index contributed by atoms with van der Waals surface area (Å²) in [6, 6.07) is 9.15. The van der Waals surface area contributed by atoms with Gasteiger partial charge in [-0.2, -0.15) is 0 Å². The van der Waals surface area contributed by atoms with Crippen molar-refractivity contribution >= 4 is 23.1 Å². The van der Waals surface area contributed by atoms with Crippen molar-refractivity contribution in [3.8, 4) is 11.5 Å². The van der Waals surface area contributed by atoms with Gasteiger partial charge in [-0.05, 0) is 26.0 Å². The summed E-state index contributed by atoms with van der Waals surface area (Å²) >= 11 is 0. The lowest BCUT2D eigenvalue weighted by Crippen LogP contribution is -2.02. The summed E-state index contributed by atoms with van der Waals surface area (Å²) in [5.74, 6) is 3.98. The van der Waals surface area contributed by atoms with Gasteiger partial charge < -0.3 is 20.1 Å². The van der Waals surface area contributed by atoms with Gasteiger partial charge >= 0.3 is 0 Å². The van der Waals surface area contributed by atoms with Crippen molar-refractivity contribution in [3.05, 3.63) is 48.2 Å². The van der Waals surface area contributed by atoms with E-state index in [1.807, 2.05) is 32.0 Å². The van der Waals surface area contributed by atoms with Gasteiger partial charge in [-0.3, -0.25) is 0 Å². The molecule has 3 aromatic rings. The average Bonchev–Trinajstić information content (AvgIpc) is 2.61. The second-order valence-electron chi connectivity index (χ2n) is 5.55. The maximum atomic E-state index is 5.39. The second-order valence-corrected chi connectivity index (χ2v) is 5.55. The Balaban J connectivity index is 1.81. The first-order chi connectivity index (χ1) is 12.6. The Morgan fingerprint density at radius 2 is 1.58 bits per heavy atom. The van der Waals surface area contributed by atoms with E-state index in [0.29, 0.717) is 34.8 Å². The molecule has 0 radical (unpaired) electrons. The van der Waals surface area contributed by atoms with Gasteiger partial charge in [-0.15, -0.1) is 0 Å². The number of rotatable bonds is 6. The van der Waals surface area contributed by atoms with Crippen LogP contribution in [0.15, 0.2) is 36.7 Å². The molecular formula is C18H20N6O2. The van der Waals surface area contributed by atoms with Crippen LogP contribution < -0.4 is 20.1 Å². The van der Waals surface area contributed by atoms with Gasteiger partial charge in [0.2, 0.25) is 0 Å². The molecule has 0 aliphatic heterocycles. The van der Waals surface area contributed by atoms with Gasteiger partial charge in [0.05, 0.1) is 19.9 Å². The zero-order chi connectivity index (χ0) is 18.5. The highest BCUT2D eigenvalue weighted by molar-refractivity contribution is 5.67. The van der Waals surface area contributed by atoms with Crippen molar-refractivity contribution in [2.45, 2.75) is 13.8 Å². The van der Waals surface area contributed by atoms with Crippen LogP contribution in [0.3, 0.4) is 0 Å². The quantitative estimate of drug-likeness (QED) is 0.697. The number of nitrogens with one attached hydrogen (secondary N) is 2. The number of hydrogen-bond acceptors (Lipinski definition) is 8. The molecule has 0 amide bonds. The van der Waals surface area contributed by atoms with Gasteiger partial charge in [-0.1, -0.05) is 0 Å². The summed E-state index contributed by atoms with van der Waals surface area (Å²) in [4.78, 5) is 17.1. The number of aryl methyl sites for hydroxylation is 2. The minimum atomic E-state index is 0.618. The van der Waals surface area contributed by atoms with Crippen LogP contribution in [-0.4, -0.2) is 34.2 Å². The van der Waals surface area contributed by atoms with Crippen LogP contribution in [0.4, 0.5) is 23.1 Å². The van der Waals surface area contributed by atoms with Gasteiger partial charge in [0.25, 0.3) is 0 Å². The maximum absolute atomic E-state index is 5.39. The lowest BCUT2D eigenvalue weighted by atomic mass is 10.2. The summed E-state index contributed by atoms with van der Waals surface area (Å²) in [6.07, 6.45) is 1.47. The Labute approximate surface area is 151 Å². The average molecular weight is 352 g/mol. The van der Waals surface area contributed by atoms with Gasteiger partial charge in [0.1, 0.15) is 41.1 Å². The van der Waals surface area contributed by atoms with Crippen LogP contribution in [0, 0.1) is 13.8 Å². The van der Waals surface area contributed by atoms with Crippen LogP contribution in [0.1, 0.15) is 11.5 Å². The molecule has 3 rings (SSSR count). The normalized spacial score (nSPS) is 10.3. The van der Waals surface area contributed by atoms with E-state index in [0.717, 1.165) is 11.4 Å². The summed E-state index contributed by atoms with van der Waals surface area (Å²) < 4.78 is 10.6. The lowest BCUT2D eigenvalue weighted by Gasteiger charge is -2.12. The molecule has 0 unspecified atom stereocenters. The molecule has 0 saturated heterocycles. The fourth-order valence-electron chi connectivity index (χ4n) is 2.45. The summed E-state index contributed by atoms with van der Waals surface area (Å²) in [5.41, 5.74) is 1.65. The third kappa shape index (κ3) is 4.15. The van der Waals surface area contributed by atoms with Crippen LogP contribution >= 0.6 is 0 Å². The molecular weight excluding hydrogens is 332 g/mol. The zero-order valence-electron chi connectivity index (χ0n) is 15.1. The molecule has 8 nitrogen and oxygen atoms in total. The van der Waals surface area contributed by atoms with Crippen molar-refractivity contribution in [2.24, 2.45) is 0 Å². The van der Waals surface area contributed by atoms with Crippen molar-refractivity contribution < 1.29 is 9.47 Å². The van der Waals surface area contributed by atoms with Crippen molar-refractivity contribution in [1.29, 1.82) is 0 Å². The van der Waals surface area contributed by atoms with E-state index < -0.39 is 0 Å². The van der Waals surface area contributed by atoms with E-state index in [1.54, 1.807) is 26.4 Å². The molecule has 134 valence electrons. The number of aromatic nitrogens is 4. The Bertz CT molecular complexity index is 896. The molecule has 0 aliphatic carbocycles. The standard InChI is InChI=1S/C18H20N6O2/c1-11-7-18(22-12(2)21-11)24-17-9-16(19-10-20-17)23-14-6-5-13(25-3)8-15(14)26-4/h5-10H,1-4H3,(H2,19,20,21,22,23,24). The van der Waals surface area contributed by atoms with Gasteiger partial charge in [0, 0.05) is 23.9 Å². The molecule has 8 heteroatoms. The van der Waals surface area contributed by atoms with E-state index >= 15 is 0 Å². The van der Waals surface area contributed by atoms with E-state index in [4.69, 9.17) is 9.47 Å². The number of nitrogens with zero attached hydrogens (tertiary/aromatic N) is 4. The largest absolute Gasteiger partial charge is 0.497 e. The number of anilines is 4. The molecule has 2 heterocycles. The predicted octanol–water partition coefficient (Wildman–Crippen LogP) is 3.39. The minimum absolute atomic E-state index is 0.618. The van der Waals surface area contributed by atoms with Gasteiger partial charge in [-0.25, -0.2) is 19.9 Å². The highest BCUT2D eigenvalue weighted by Gasteiger charge is 2.08. The molecule has 0 fully saturated rings. The first-order valence-corrected chi connectivity index (χ1v) is 7.98. The van der Waals surface area contributed by atoms with Crippen LogP contribution in [-0.2, 0) is 0 Å². The molecule has 0 aliphatic rings. The Kier molecular flexibility index (Phi) is 5.12. The fraction of sp³-hybridized carbons (Fsp3) is 0.222. The molecule has 0 bridgehead atoms. The van der Waals surface area contributed by atoms with E-state index in [-0.39, 0.29) is 0 Å². The molecule has 1 aromatic carbocycles. The number of benzene rings is 1. The smallest absolute Gasteiger partial charge is 0.146 e. The first kappa shape index (κ1) is 17.4. The summed E-state index contributed by atoms with van der Waals surface area (Å²) in [6.45, 7) is 3.77. The van der Waals surface area contributed by atoms with Crippen LogP contribution in [0.25, 0.3) is 0 Å². The lowest BCUT2D eigenvalue weighted by molar-refractivity contribution is 0.395. The maximum Gasteiger partial charge on any atom is 0.146 e. The highest BCUT2D eigenvalue weighted by atomic mass is 16.5. The van der Waals surface area contributed by atoms with Crippen LogP contribution in [0.5, 0.6) is 11.5 Å². The van der Waals surface area contributed by atoms with Crippen LogP contribution in [0.2, 0.25) is 0 Å². The van der Waals surface area contributed by atoms with E-state index in [2.05, 4.69) is 30.6 Å². The third-order valence-corrected chi connectivity index (χ3v) is 3.56. The SMILES string of the molecule is COc1ccc(Nc2cc(Nc3cc(C)nc(C)n3)ncn2)c(OC)c1. The van der Waals surface area contributed by atoms with E-state index in [9.17, 15) is 0 Å². The number of methoxy groups -OCH3 is 2. The molecule has 26 heavy (non-hydrogen) atoms. The van der Waals surface area contributed by atoms with E-state index in [1.165, 1.54) is 6.33 Å². The van der Waals surface area contributed by atoms with Crippen molar-refractivity contribution in [1.82, 2.24) is 19.9 Å². The molecule has 0 atom stereocenters. The molecule has 2 aromatic heterocycles. The molecule has 2 N–H and O–H groups in total. The third-order valence-electron chi connectivity index (χ3n) is 3.56. The highest BCUT2D eigenvalue weighted by Crippen LogP contribution is 2.31. The second kappa shape index (κ2) is 7.64.